The van der Waals surface area contributed by atoms with E-state index in [0.29, 0.717) is 18.1 Å². The minimum Gasteiger partial charge on any atom is -0.463 e. The Morgan fingerprint density at radius 2 is 1.55 bits per heavy atom. The summed E-state index contributed by atoms with van der Waals surface area (Å²) < 4.78 is 24.3. The molecule has 224 valence electrons. The number of imide groups is 1. The SMILES string of the molecule is CCCCOc1nc(N(C(=O)OC(C)(C)C)C(=O)OC(C)(C)C)c2c(cc(C(N)=O)n2COCC[Si](C)(C)C)n1. The minimum atomic E-state index is -1.39. The lowest BCUT2D eigenvalue weighted by Crippen LogP contribution is -2.44. The summed E-state index contributed by atoms with van der Waals surface area (Å²) in [6, 6.07) is 2.26. The second kappa shape index (κ2) is 13.0. The molecule has 0 aliphatic carbocycles. The number of fused-ring (bicyclic) bond motifs is 1. The zero-order valence-electron chi connectivity index (χ0n) is 25.5. The Hall–Kier alpha value is -3.19. The molecule has 2 aromatic rings. The summed E-state index contributed by atoms with van der Waals surface area (Å²) in [5, 5.41) is 0. The highest BCUT2D eigenvalue weighted by Crippen LogP contribution is 2.32. The van der Waals surface area contributed by atoms with Gasteiger partial charge in [0, 0.05) is 14.7 Å². The molecule has 0 aromatic carbocycles. The Balaban J connectivity index is 2.79. The highest BCUT2D eigenvalue weighted by molar-refractivity contribution is 6.76. The van der Waals surface area contributed by atoms with E-state index in [-0.39, 0.29) is 35.3 Å². The van der Waals surface area contributed by atoms with Crippen LogP contribution in [0.15, 0.2) is 6.07 Å². The molecule has 2 aromatic heterocycles. The molecule has 0 aliphatic heterocycles. The number of carbonyl (C=O) groups is 3. The fraction of sp³-hybridized carbons (Fsp3) is 0.667. The number of carbonyl (C=O) groups excluding carboxylic acids is 3. The van der Waals surface area contributed by atoms with E-state index in [0.717, 1.165) is 18.9 Å². The summed E-state index contributed by atoms with van der Waals surface area (Å²) in [6.07, 6.45) is -0.436. The smallest absolute Gasteiger partial charge is 0.425 e. The van der Waals surface area contributed by atoms with Gasteiger partial charge in [0.15, 0.2) is 5.82 Å². The highest BCUT2D eigenvalue weighted by Gasteiger charge is 2.37. The number of unbranched alkanes of at least 4 members (excludes halogenated alkanes) is 1. The van der Waals surface area contributed by atoms with Gasteiger partial charge in [-0.2, -0.15) is 14.9 Å². The molecule has 2 heterocycles. The van der Waals surface area contributed by atoms with Gasteiger partial charge in [-0.05, 0) is 60.1 Å². The molecule has 12 nitrogen and oxygen atoms in total. The standard InChI is InChI=1S/C27H45N5O7Si/c1-11-12-13-37-23-29-18-16-19(21(28)33)31(17-36-14-15-40(8,9)10)20(18)22(30-23)32(24(34)38-26(2,3)4)25(35)39-27(5,6)7/h16H,11-15,17H2,1-10H3,(H2,28,33). The number of nitrogens with two attached hydrogens (primary N) is 1. The number of aromatic nitrogens is 3. The highest BCUT2D eigenvalue weighted by atomic mass is 28.3. The largest absolute Gasteiger partial charge is 0.463 e. The number of rotatable bonds is 11. The molecule has 3 amide bonds. The molecule has 0 radical (unpaired) electrons. The van der Waals surface area contributed by atoms with Gasteiger partial charge >= 0.3 is 18.2 Å². The van der Waals surface area contributed by atoms with Crippen molar-refractivity contribution in [3.8, 4) is 6.01 Å². The second-order valence-corrected chi connectivity index (χ2v) is 18.4. The van der Waals surface area contributed by atoms with E-state index in [1.807, 2.05) is 6.92 Å². The first kappa shape index (κ1) is 33.0. The fourth-order valence-corrected chi connectivity index (χ4v) is 4.15. The van der Waals surface area contributed by atoms with Gasteiger partial charge in [-0.25, -0.2) is 9.59 Å². The van der Waals surface area contributed by atoms with Crippen molar-refractivity contribution in [2.24, 2.45) is 5.73 Å². The quantitative estimate of drug-likeness (QED) is 0.261. The molecular weight excluding hydrogens is 534 g/mol. The van der Waals surface area contributed by atoms with Crippen molar-refractivity contribution in [1.82, 2.24) is 14.5 Å². The van der Waals surface area contributed by atoms with Crippen LogP contribution in [0.5, 0.6) is 6.01 Å². The number of hydrogen-bond acceptors (Lipinski definition) is 9. The van der Waals surface area contributed by atoms with E-state index in [4.69, 9.17) is 24.7 Å². The first-order chi connectivity index (χ1) is 18.3. The molecule has 0 fully saturated rings. The third-order valence-electron chi connectivity index (χ3n) is 5.27. The lowest BCUT2D eigenvalue weighted by Gasteiger charge is -2.28. The van der Waals surface area contributed by atoms with E-state index >= 15 is 0 Å². The molecule has 0 saturated heterocycles. The van der Waals surface area contributed by atoms with Gasteiger partial charge in [-0.15, -0.1) is 0 Å². The van der Waals surface area contributed by atoms with E-state index in [1.54, 1.807) is 41.5 Å². The topological polar surface area (TPSA) is 148 Å². The molecule has 0 unspecified atom stereocenters. The first-order valence-electron chi connectivity index (χ1n) is 13.5. The van der Waals surface area contributed by atoms with Gasteiger partial charge in [-0.3, -0.25) is 4.79 Å². The van der Waals surface area contributed by atoms with Gasteiger partial charge in [-0.1, -0.05) is 33.0 Å². The van der Waals surface area contributed by atoms with Crippen LogP contribution < -0.4 is 15.4 Å². The minimum absolute atomic E-state index is 0.0672. The van der Waals surface area contributed by atoms with Gasteiger partial charge in [0.1, 0.15) is 29.1 Å². The Bertz CT molecular complexity index is 1180. The van der Waals surface area contributed by atoms with Crippen molar-refractivity contribution >= 4 is 43.0 Å². The van der Waals surface area contributed by atoms with E-state index in [9.17, 15) is 14.4 Å². The average Bonchev–Trinajstić information content (AvgIpc) is 3.13. The molecule has 0 aliphatic rings. The van der Waals surface area contributed by atoms with E-state index in [2.05, 4.69) is 29.6 Å². The first-order valence-corrected chi connectivity index (χ1v) is 17.2. The number of ether oxygens (including phenoxy) is 4. The van der Waals surface area contributed by atoms with Crippen LogP contribution in [-0.4, -0.2) is 65.1 Å². The number of amides is 3. The van der Waals surface area contributed by atoms with Gasteiger partial charge in [0.2, 0.25) is 0 Å². The van der Waals surface area contributed by atoms with Crippen LogP contribution in [0.4, 0.5) is 15.4 Å². The second-order valence-electron chi connectivity index (χ2n) is 12.7. The van der Waals surface area contributed by atoms with Gasteiger partial charge in [0.25, 0.3) is 5.91 Å². The molecular formula is C27H45N5O7Si. The van der Waals surface area contributed by atoms with Crippen LogP contribution in [0.3, 0.4) is 0 Å². The van der Waals surface area contributed by atoms with Crippen LogP contribution in [0.1, 0.15) is 71.8 Å². The average molecular weight is 580 g/mol. The summed E-state index contributed by atoms with van der Waals surface area (Å²) >= 11 is 0. The molecule has 0 bridgehead atoms. The zero-order chi connectivity index (χ0) is 30.5. The van der Waals surface area contributed by atoms with Crippen LogP contribution in [0.2, 0.25) is 25.7 Å². The number of anilines is 1. The van der Waals surface area contributed by atoms with Gasteiger partial charge in [0.05, 0.1) is 12.1 Å². The maximum Gasteiger partial charge on any atom is 0.425 e. The van der Waals surface area contributed by atoms with E-state index in [1.165, 1.54) is 10.6 Å². The monoisotopic (exact) mass is 579 g/mol. The Morgan fingerprint density at radius 1 is 0.975 bits per heavy atom. The van der Waals surface area contributed by atoms with Crippen molar-refractivity contribution in [2.75, 3.05) is 18.1 Å². The molecule has 40 heavy (non-hydrogen) atoms. The van der Waals surface area contributed by atoms with Crippen molar-refractivity contribution in [3.05, 3.63) is 11.8 Å². The lowest BCUT2D eigenvalue weighted by molar-refractivity contribution is 0.0428. The molecule has 13 heteroatoms. The maximum absolute atomic E-state index is 13.5. The van der Waals surface area contributed by atoms with Crippen molar-refractivity contribution in [2.45, 2.75) is 105 Å². The summed E-state index contributed by atoms with van der Waals surface area (Å²) in [6.45, 7) is 19.4. The summed E-state index contributed by atoms with van der Waals surface area (Å²) in [4.78, 5) is 49.1. The molecule has 0 saturated carbocycles. The Labute approximate surface area is 237 Å². The number of nitrogens with zero attached hydrogens (tertiary/aromatic N) is 4. The van der Waals surface area contributed by atoms with Crippen LogP contribution in [-0.2, 0) is 20.9 Å². The van der Waals surface area contributed by atoms with Crippen molar-refractivity contribution in [1.29, 1.82) is 0 Å². The number of primary amides is 1. The third-order valence-corrected chi connectivity index (χ3v) is 6.97. The van der Waals surface area contributed by atoms with Crippen LogP contribution in [0, 0.1) is 0 Å². The Morgan fingerprint density at radius 3 is 2.02 bits per heavy atom. The van der Waals surface area contributed by atoms with E-state index < -0.39 is 37.4 Å². The van der Waals surface area contributed by atoms with Crippen molar-refractivity contribution < 1.29 is 33.3 Å². The van der Waals surface area contributed by atoms with Crippen molar-refractivity contribution in [3.63, 3.8) is 0 Å². The maximum atomic E-state index is 13.5. The molecule has 0 atom stereocenters. The predicted molar refractivity (Wildman–Crippen MR) is 156 cm³/mol. The zero-order valence-corrected chi connectivity index (χ0v) is 26.5. The molecule has 2 rings (SSSR count). The number of hydrogen-bond donors (Lipinski definition) is 1. The molecule has 0 spiro atoms. The summed E-state index contributed by atoms with van der Waals surface area (Å²) in [5.74, 6) is -0.923. The Kier molecular flexibility index (Phi) is 10.7. The molecule has 2 N–H and O–H groups in total. The predicted octanol–water partition coefficient (Wildman–Crippen LogP) is 5.70. The summed E-state index contributed by atoms with van der Waals surface area (Å²) in [5.41, 5.74) is 4.30. The van der Waals surface area contributed by atoms with Crippen LogP contribution in [0.25, 0.3) is 11.0 Å². The fourth-order valence-electron chi connectivity index (χ4n) is 3.39. The van der Waals surface area contributed by atoms with Crippen LogP contribution >= 0.6 is 0 Å². The third kappa shape index (κ3) is 9.77. The lowest BCUT2D eigenvalue weighted by atomic mass is 10.2. The van der Waals surface area contributed by atoms with Gasteiger partial charge < -0.3 is 29.2 Å². The summed E-state index contributed by atoms with van der Waals surface area (Å²) in [7, 11) is -1.39. The normalized spacial score (nSPS) is 12.3.